The summed E-state index contributed by atoms with van der Waals surface area (Å²) in [5, 5.41) is 12.0. The van der Waals surface area contributed by atoms with Crippen molar-refractivity contribution in [3.05, 3.63) is 12.2 Å². The van der Waals surface area contributed by atoms with Crippen molar-refractivity contribution >= 4 is 29.8 Å². The zero-order valence-corrected chi connectivity index (χ0v) is 27.4. The lowest BCUT2D eigenvalue weighted by Gasteiger charge is -2.18. The average molecular weight is 659 g/mol. The molecule has 2 saturated heterocycles. The third-order valence-electron chi connectivity index (χ3n) is 7.65. The van der Waals surface area contributed by atoms with Gasteiger partial charge in [0.15, 0.2) is 0 Å². The molecular weight excluding hydrogens is 604 g/mol. The number of unbranched alkanes of at least 4 members (excludes halogenated alkanes) is 1. The van der Waals surface area contributed by atoms with E-state index in [4.69, 9.17) is 28.4 Å². The highest BCUT2D eigenvalue weighted by Crippen LogP contribution is 2.33. The molecule has 0 aromatic rings. The zero-order chi connectivity index (χ0) is 31.8. The van der Waals surface area contributed by atoms with Crippen molar-refractivity contribution in [1.29, 1.82) is 0 Å². The van der Waals surface area contributed by atoms with E-state index in [0.29, 0.717) is 90.8 Å². The standard InChI is InChI=1S/C31H54N4O9S/c36-28(11-7-6-10-27-29-26(24-45-27)34-30(37)35-29)32-12-14-39-16-18-41-20-22-43-23-21-42-19-17-40-15-13-33-31(38)44-25-8-4-2-1-3-5-9-25/h1-2,25-27,29H,3-24H2,(H,32,36)(H,33,38)(H2,34,35,37)/b2-1+/t25?,26-,27-,29-/m1/s1. The monoisotopic (exact) mass is 658 g/mol. The Morgan fingerprint density at radius 2 is 1.40 bits per heavy atom. The molecule has 2 aliphatic heterocycles. The molecule has 0 bridgehead atoms. The van der Waals surface area contributed by atoms with Crippen LogP contribution in [0.5, 0.6) is 0 Å². The van der Waals surface area contributed by atoms with Gasteiger partial charge in [0.1, 0.15) is 6.10 Å². The van der Waals surface area contributed by atoms with Gasteiger partial charge in [-0.25, -0.2) is 9.59 Å². The molecule has 0 spiro atoms. The lowest BCUT2D eigenvalue weighted by Crippen LogP contribution is -2.36. The molecule has 0 aromatic heterocycles. The smallest absolute Gasteiger partial charge is 0.407 e. The van der Waals surface area contributed by atoms with Crippen LogP contribution in [0.15, 0.2) is 12.2 Å². The van der Waals surface area contributed by atoms with Gasteiger partial charge in [0.2, 0.25) is 5.91 Å². The van der Waals surface area contributed by atoms with Gasteiger partial charge in [-0.2, -0.15) is 11.8 Å². The summed E-state index contributed by atoms with van der Waals surface area (Å²) >= 11 is 1.90. The molecular formula is C31H54N4O9S. The molecule has 45 heavy (non-hydrogen) atoms. The Bertz CT molecular complexity index is 869. The second-order valence-corrected chi connectivity index (χ2v) is 12.5. The first-order chi connectivity index (χ1) is 22.1. The lowest BCUT2D eigenvalue weighted by molar-refractivity contribution is -0.121. The number of amides is 4. The molecule has 4 amide bonds. The normalized spacial score (nSPS) is 23.3. The molecule has 0 aromatic carbocycles. The predicted octanol–water partition coefficient (Wildman–Crippen LogP) is 2.53. The van der Waals surface area contributed by atoms with Crippen molar-refractivity contribution in [2.45, 2.75) is 81.2 Å². The fraction of sp³-hybridized carbons (Fsp3) is 0.839. The van der Waals surface area contributed by atoms with Gasteiger partial charge in [-0.3, -0.25) is 4.79 Å². The first kappa shape index (κ1) is 37.4. The van der Waals surface area contributed by atoms with Gasteiger partial charge < -0.3 is 49.7 Å². The summed E-state index contributed by atoms with van der Waals surface area (Å²) in [7, 11) is 0. The van der Waals surface area contributed by atoms with E-state index in [1.165, 1.54) is 0 Å². The number of hydrogen-bond donors (Lipinski definition) is 4. The van der Waals surface area contributed by atoms with Crippen LogP contribution in [0.3, 0.4) is 0 Å². The lowest BCUT2D eigenvalue weighted by atomic mass is 10.0. The number of carbonyl (C=O) groups is 3. The number of urea groups is 1. The summed E-state index contributed by atoms with van der Waals surface area (Å²) in [5.41, 5.74) is 0. The number of thioether (sulfide) groups is 1. The van der Waals surface area contributed by atoms with Crippen molar-refractivity contribution in [2.75, 3.05) is 84.9 Å². The van der Waals surface area contributed by atoms with Crippen LogP contribution in [0.1, 0.15) is 57.8 Å². The second-order valence-electron chi connectivity index (χ2n) is 11.2. The van der Waals surface area contributed by atoms with Crippen molar-refractivity contribution in [1.82, 2.24) is 21.3 Å². The van der Waals surface area contributed by atoms with Gasteiger partial charge in [0, 0.05) is 30.5 Å². The van der Waals surface area contributed by atoms with E-state index >= 15 is 0 Å². The Hall–Kier alpha value is -2.10. The molecule has 2 heterocycles. The van der Waals surface area contributed by atoms with Crippen LogP contribution >= 0.6 is 11.8 Å². The van der Waals surface area contributed by atoms with Gasteiger partial charge >= 0.3 is 12.1 Å². The SMILES string of the molecule is O=C(CCCC[C@H]1SC[C@H]2NC(=O)N[C@H]21)NCCOCCOCCOCCOCCOCCNC(=O)OC1CC/C=C/CCC1. The molecule has 258 valence electrons. The summed E-state index contributed by atoms with van der Waals surface area (Å²) in [6.45, 7) is 5.45. The molecule has 1 unspecified atom stereocenters. The third-order valence-corrected chi connectivity index (χ3v) is 9.15. The third kappa shape index (κ3) is 17.4. The summed E-state index contributed by atoms with van der Waals surface area (Å²) in [4.78, 5) is 35.4. The summed E-state index contributed by atoms with van der Waals surface area (Å²) in [6, 6.07) is 0.410. The minimum Gasteiger partial charge on any atom is -0.446 e. The van der Waals surface area contributed by atoms with E-state index in [2.05, 4.69) is 33.4 Å². The van der Waals surface area contributed by atoms with E-state index in [1.54, 1.807) is 0 Å². The maximum absolute atomic E-state index is 12.0. The van der Waals surface area contributed by atoms with Crippen LogP contribution in [0.25, 0.3) is 0 Å². The van der Waals surface area contributed by atoms with Crippen molar-refractivity contribution in [3.8, 4) is 0 Å². The molecule has 1 aliphatic carbocycles. The minimum atomic E-state index is -0.380. The molecule has 3 aliphatic rings. The van der Waals surface area contributed by atoms with Crippen LogP contribution < -0.4 is 21.3 Å². The fourth-order valence-electron chi connectivity index (χ4n) is 5.27. The van der Waals surface area contributed by atoms with E-state index in [9.17, 15) is 14.4 Å². The minimum absolute atomic E-state index is 0.00979. The van der Waals surface area contributed by atoms with Gasteiger partial charge in [0.05, 0.1) is 78.2 Å². The number of allylic oxidation sites excluding steroid dienone is 2. The Kier molecular flexibility index (Phi) is 20.0. The van der Waals surface area contributed by atoms with Crippen LogP contribution in [0.2, 0.25) is 0 Å². The largest absolute Gasteiger partial charge is 0.446 e. The first-order valence-electron chi connectivity index (χ1n) is 16.6. The molecule has 3 rings (SSSR count). The molecule has 14 heteroatoms. The Labute approximate surface area is 271 Å². The number of fused-ring (bicyclic) bond motifs is 1. The molecule has 13 nitrogen and oxygen atoms in total. The van der Waals surface area contributed by atoms with Crippen LogP contribution in [-0.2, 0) is 33.2 Å². The highest BCUT2D eigenvalue weighted by atomic mass is 32.2. The summed E-state index contributed by atoms with van der Waals surface area (Å²) in [5.74, 6) is 1.00. The second kappa shape index (κ2) is 24.1. The highest BCUT2D eigenvalue weighted by Gasteiger charge is 2.42. The molecule has 4 atom stereocenters. The van der Waals surface area contributed by atoms with Crippen molar-refractivity contribution in [2.24, 2.45) is 0 Å². The Morgan fingerprint density at radius 1 is 0.778 bits per heavy atom. The molecule has 0 saturated carbocycles. The maximum atomic E-state index is 12.0. The number of rotatable bonds is 24. The van der Waals surface area contributed by atoms with E-state index in [1.807, 2.05) is 11.8 Å². The van der Waals surface area contributed by atoms with E-state index < -0.39 is 0 Å². The van der Waals surface area contributed by atoms with Gasteiger partial charge in [-0.1, -0.05) is 18.6 Å². The summed E-state index contributed by atoms with van der Waals surface area (Å²) in [6.07, 6.45) is 12.1. The number of hydrogen-bond acceptors (Lipinski definition) is 10. The van der Waals surface area contributed by atoms with Gasteiger partial charge in [0.25, 0.3) is 0 Å². The number of carbonyl (C=O) groups excluding carboxylic acids is 3. The highest BCUT2D eigenvalue weighted by molar-refractivity contribution is 8.00. The number of alkyl carbamates (subject to hydrolysis) is 1. The Morgan fingerprint density at radius 3 is 2.09 bits per heavy atom. The number of ether oxygens (including phenoxy) is 6. The van der Waals surface area contributed by atoms with E-state index in [0.717, 1.165) is 57.1 Å². The van der Waals surface area contributed by atoms with E-state index in [-0.39, 0.29) is 36.2 Å². The molecule has 4 N–H and O–H groups in total. The average Bonchev–Trinajstić information content (AvgIpc) is 3.56. The first-order valence-corrected chi connectivity index (χ1v) is 17.6. The van der Waals surface area contributed by atoms with Crippen LogP contribution in [0, 0.1) is 0 Å². The van der Waals surface area contributed by atoms with Gasteiger partial charge in [-0.15, -0.1) is 0 Å². The van der Waals surface area contributed by atoms with Crippen molar-refractivity contribution < 1.29 is 42.8 Å². The molecule has 2 fully saturated rings. The fourth-order valence-corrected chi connectivity index (χ4v) is 6.81. The van der Waals surface area contributed by atoms with Crippen LogP contribution in [0.4, 0.5) is 9.59 Å². The quantitative estimate of drug-likeness (QED) is 0.0691. The van der Waals surface area contributed by atoms with Crippen LogP contribution in [-0.4, -0.2) is 126 Å². The molecule has 0 radical (unpaired) electrons. The predicted molar refractivity (Wildman–Crippen MR) is 172 cm³/mol. The topological polar surface area (TPSA) is 155 Å². The van der Waals surface area contributed by atoms with Gasteiger partial charge in [-0.05, 0) is 44.9 Å². The zero-order valence-electron chi connectivity index (χ0n) is 26.6. The van der Waals surface area contributed by atoms with Crippen molar-refractivity contribution in [3.63, 3.8) is 0 Å². The number of nitrogens with one attached hydrogen (secondary N) is 4. The Balaban J connectivity index is 0.965. The summed E-state index contributed by atoms with van der Waals surface area (Å²) < 4.78 is 32.9. The maximum Gasteiger partial charge on any atom is 0.407 e.